The molecule has 3 N–H and O–H groups in total. The van der Waals surface area contributed by atoms with Crippen LogP contribution in [0.1, 0.15) is 62.5 Å². The van der Waals surface area contributed by atoms with Gasteiger partial charge in [0.25, 0.3) is 0 Å². The number of hydrogen-bond acceptors (Lipinski definition) is 2. The number of aromatic hydroxyl groups is 1. The molecule has 1 fully saturated rings. The lowest BCUT2D eigenvalue weighted by molar-refractivity contribution is 0.164. The zero-order valence-corrected chi connectivity index (χ0v) is 12.5. The molecule has 110 valence electrons. The first kappa shape index (κ1) is 13.9. The standard InChI is InChI=1S/C18H27NO/c1-2-5-18(19)17-10-12-8-9-13(20)11-16(12)14-6-3-4-7-15(14)17/h8-9,11,14-15,17-18,20H,2-7,10,19H2,1H3/t14?,15?,17-,18?/m1/s1. The molecule has 1 aromatic rings. The van der Waals surface area contributed by atoms with Gasteiger partial charge in [0.15, 0.2) is 0 Å². The SMILES string of the molecule is CCCC(N)[C@@H]1Cc2ccc(O)cc2C2CCCCC21. The zero-order chi connectivity index (χ0) is 14.1. The van der Waals surface area contributed by atoms with Gasteiger partial charge in [0.05, 0.1) is 0 Å². The Labute approximate surface area is 122 Å². The highest BCUT2D eigenvalue weighted by molar-refractivity contribution is 5.40. The molecule has 0 aromatic heterocycles. The minimum atomic E-state index is 0.340. The first-order chi connectivity index (χ1) is 9.70. The lowest BCUT2D eigenvalue weighted by atomic mass is 9.61. The fraction of sp³-hybridized carbons (Fsp3) is 0.667. The molecule has 4 atom stereocenters. The predicted octanol–water partition coefficient (Wildman–Crippen LogP) is 3.97. The second-order valence-corrected chi connectivity index (χ2v) is 6.76. The van der Waals surface area contributed by atoms with Gasteiger partial charge >= 0.3 is 0 Å². The van der Waals surface area contributed by atoms with Crippen LogP contribution in [0.15, 0.2) is 18.2 Å². The third kappa shape index (κ3) is 2.46. The molecule has 0 spiro atoms. The summed E-state index contributed by atoms with van der Waals surface area (Å²) in [6.07, 6.45) is 8.70. The molecular formula is C18H27NO. The summed E-state index contributed by atoms with van der Waals surface area (Å²) in [5.41, 5.74) is 9.35. The van der Waals surface area contributed by atoms with Crippen LogP contribution < -0.4 is 5.73 Å². The minimum absolute atomic E-state index is 0.340. The third-order valence-electron chi connectivity index (χ3n) is 5.53. The van der Waals surface area contributed by atoms with Gasteiger partial charge in [-0.2, -0.15) is 0 Å². The summed E-state index contributed by atoms with van der Waals surface area (Å²) in [5.74, 6) is 2.42. The van der Waals surface area contributed by atoms with E-state index in [-0.39, 0.29) is 0 Å². The maximum atomic E-state index is 9.81. The molecule has 3 rings (SSSR count). The first-order valence-electron chi connectivity index (χ1n) is 8.28. The Morgan fingerprint density at radius 2 is 2.10 bits per heavy atom. The van der Waals surface area contributed by atoms with Gasteiger partial charge in [0, 0.05) is 6.04 Å². The molecule has 1 saturated carbocycles. The van der Waals surface area contributed by atoms with E-state index in [1.165, 1.54) is 43.2 Å². The average molecular weight is 273 g/mol. The lowest BCUT2D eigenvalue weighted by Gasteiger charge is -2.45. The largest absolute Gasteiger partial charge is 0.508 e. The Morgan fingerprint density at radius 1 is 1.30 bits per heavy atom. The zero-order valence-electron chi connectivity index (χ0n) is 12.5. The van der Waals surface area contributed by atoms with Crippen molar-refractivity contribution in [2.75, 3.05) is 0 Å². The Kier molecular flexibility index (Phi) is 4.02. The van der Waals surface area contributed by atoms with Crippen LogP contribution in [-0.4, -0.2) is 11.1 Å². The summed E-state index contributed by atoms with van der Waals surface area (Å²) in [7, 11) is 0. The van der Waals surface area contributed by atoms with Crippen molar-refractivity contribution < 1.29 is 5.11 Å². The van der Waals surface area contributed by atoms with E-state index in [0.29, 0.717) is 23.6 Å². The van der Waals surface area contributed by atoms with Gasteiger partial charge in [-0.15, -0.1) is 0 Å². The molecule has 0 amide bonds. The second kappa shape index (κ2) is 5.77. The van der Waals surface area contributed by atoms with E-state index in [2.05, 4.69) is 13.0 Å². The lowest BCUT2D eigenvalue weighted by Crippen LogP contribution is -2.42. The molecular weight excluding hydrogens is 246 g/mol. The number of phenols is 1. The fourth-order valence-corrected chi connectivity index (χ4v) is 4.59. The summed E-state index contributed by atoms with van der Waals surface area (Å²) in [6.45, 7) is 2.23. The Balaban J connectivity index is 1.94. The number of benzene rings is 1. The van der Waals surface area contributed by atoms with Gasteiger partial charge < -0.3 is 10.8 Å². The maximum Gasteiger partial charge on any atom is 0.115 e. The van der Waals surface area contributed by atoms with E-state index in [0.717, 1.165) is 18.8 Å². The van der Waals surface area contributed by atoms with E-state index in [1.807, 2.05) is 12.1 Å². The first-order valence-corrected chi connectivity index (χ1v) is 8.28. The van der Waals surface area contributed by atoms with Crippen molar-refractivity contribution in [3.05, 3.63) is 29.3 Å². The molecule has 2 heteroatoms. The summed E-state index contributed by atoms with van der Waals surface area (Å²) in [5, 5.41) is 9.81. The van der Waals surface area contributed by atoms with Crippen LogP contribution in [0.4, 0.5) is 0 Å². The van der Waals surface area contributed by atoms with Crippen molar-refractivity contribution in [3.63, 3.8) is 0 Å². The number of fused-ring (bicyclic) bond motifs is 3. The third-order valence-corrected chi connectivity index (χ3v) is 5.53. The van der Waals surface area contributed by atoms with Gasteiger partial charge in [-0.25, -0.2) is 0 Å². The van der Waals surface area contributed by atoms with Crippen LogP contribution in [0.3, 0.4) is 0 Å². The van der Waals surface area contributed by atoms with Gasteiger partial charge in [0.1, 0.15) is 5.75 Å². The van der Waals surface area contributed by atoms with Crippen molar-refractivity contribution in [2.45, 2.75) is 63.8 Å². The Bertz CT molecular complexity index is 470. The van der Waals surface area contributed by atoms with Crippen molar-refractivity contribution >= 4 is 0 Å². The number of rotatable bonds is 3. The monoisotopic (exact) mass is 273 g/mol. The van der Waals surface area contributed by atoms with Crippen LogP contribution in [-0.2, 0) is 6.42 Å². The number of phenolic OH excluding ortho intramolecular Hbond substituents is 1. The van der Waals surface area contributed by atoms with Gasteiger partial charge in [-0.1, -0.05) is 32.3 Å². The highest BCUT2D eigenvalue weighted by atomic mass is 16.3. The molecule has 3 unspecified atom stereocenters. The molecule has 0 bridgehead atoms. The minimum Gasteiger partial charge on any atom is -0.508 e. The van der Waals surface area contributed by atoms with Crippen molar-refractivity contribution in [1.82, 2.24) is 0 Å². The normalized spacial score (nSPS) is 30.4. The summed E-state index contributed by atoms with van der Waals surface area (Å²) in [4.78, 5) is 0. The van der Waals surface area contributed by atoms with Crippen LogP contribution >= 0.6 is 0 Å². The fourth-order valence-electron chi connectivity index (χ4n) is 4.59. The quantitative estimate of drug-likeness (QED) is 0.875. The molecule has 1 aromatic carbocycles. The van der Waals surface area contributed by atoms with E-state index in [4.69, 9.17) is 5.73 Å². The van der Waals surface area contributed by atoms with E-state index >= 15 is 0 Å². The predicted molar refractivity (Wildman–Crippen MR) is 82.9 cm³/mol. The van der Waals surface area contributed by atoms with Crippen LogP contribution in [0.5, 0.6) is 5.75 Å². The maximum absolute atomic E-state index is 9.81. The molecule has 0 aliphatic heterocycles. The molecule has 0 saturated heterocycles. The van der Waals surface area contributed by atoms with E-state index in [9.17, 15) is 5.11 Å². The van der Waals surface area contributed by atoms with Gasteiger partial charge in [-0.3, -0.25) is 0 Å². The molecule has 0 radical (unpaired) electrons. The highest BCUT2D eigenvalue weighted by Gasteiger charge is 2.40. The Morgan fingerprint density at radius 3 is 2.90 bits per heavy atom. The van der Waals surface area contributed by atoms with Gasteiger partial charge in [0.2, 0.25) is 0 Å². The summed E-state index contributed by atoms with van der Waals surface area (Å²) < 4.78 is 0. The van der Waals surface area contributed by atoms with Crippen molar-refractivity contribution in [3.8, 4) is 5.75 Å². The number of hydrogen-bond donors (Lipinski definition) is 2. The van der Waals surface area contributed by atoms with Gasteiger partial charge in [-0.05, 0) is 66.7 Å². The van der Waals surface area contributed by atoms with Crippen LogP contribution in [0.2, 0.25) is 0 Å². The van der Waals surface area contributed by atoms with Crippen LogP contribution in [0, 0.1) is 11.8 Å². The van der Waals surface area contributed by atoms with Crippen LogP contribution in [0.25, 0.3) is 0 Å². The molecule has 2 aliphatic carbocycles. The summed E-state index contributed by atoms with van der Waals surface area (Å²) in [6, 6.07) is 6.32. The molecule has 2 aliphatic rings. The molecule has 2 nitrogen and oxygen atoms in total. The molecule has 20 heavy (non-hydrogen) atoms. The topological polar surface area (TPSA) is 46.2 Å². The molecule has 0 heterocycles. The van der Waals surface area contributed by atoms with Crippen molar-refractivity contribution in [2.24, 2.45) is 17.6 Å². The van der Waals surface area contributed by atoms with E-state index < -0.39 is 0 Å². The van der Waals surface area contributed by atoms with E-state index in [1.54, 1.807) is 0 Å². The summed E-state index contributed by atoms with van der Waals surface area (Å²) >= 11 is 0. The number of nitrogens with two attached hydrogens (primary N) is 1. The highest BCUT2D eigenvalue weighted by Crippen LogP contribution is 2.49. The van der Waals surface area contributed by atoms with Crippen molar-refractivity contribution in [1.29, 1.82) is 0 Å². The smallest absolute Gasteiger partial charge is 0.115 e. The second-order valence-electron chi connectivity index (χ2n) is 6.76. The average Bonchev–Trinajstić information content (AvgIpc) is 2.47. The Hall–Kier alpha value is -1.02.